The summed E-state index contributed by atoms with van der Waals surface area (Å²) in [7, 11) is 0. The minimum Gasteiger partial charge on any atom is -0.423 e. The molecule has 0 spiro atoms. The van der Waals surface area contributed by atoms with E-state index in [1.807, 2.05) is 25.1 Å². The first-order valence-electron chi connectivity index (χ1n) is 9.02. The van der Waals surface area contributed by atoms with Gasteiger partial charge in [0.1, 0.15) is 17.4 Å². The molecule has 0 aromatic heterocycles. The van der Waals surface area contributed by atoms with Gasteiger partial charge in [0.2, 0.25) is 0 Å². The van der Waals surface area contributed by atoms with Crippen LogP contribution in [0.1, 0.15) is 21.5 Å². The maximum Gasteiger partial charge on any atom is 0.343 e. The van der Waals surface area contributed by atoms with Gasteiger partial charge in [-0.05, 0) is 67.1 Å². The van der Waals surface area contributed by atoms with E-state index in [1.54, 1.807) is 60.7 Å². The largest absolute Gasteiger partial charge is 0.423 e. The lowest BCUT2D eigenvalue weighted by molar-refractivity contribution is -0.112. The van der Waals surface area contributed by atoms with Gasteiger partial charge in [-0.3, -0.25) is 4.79 Å². The minimum absolute atomic E-state index is 0.0322. The zero-order chi connectivity index (χ0) is 21.5. The molecule has 1 amide bonds. The fourth-order valence-electron chi connectivity index (χ4n) is 2.53. The molecule has 1 N–H and O–H groups in total. The molecule has 0 saturated carbocycles. The highest BCUT2D eigenvalue weighted by Crippen LogP contribution is 2.18. The third-order valence-electron chi connectivity index (χ3n) is 4.16. The van der Waals surface area contributed by atoms with Crippen molar-refractivity contribution < 1.29 is 14.3 Å². The number of aryl methyl sites for hydroxylation is 1. The lowest BCUT2D eigenvalue weighted by atomic mass is 10.1. The van der Waals surface area contributed by atoms with E-state index in [4.69, 9.17) is 4.74 Å². The van der Waals surface area contributed by atoms with Crippen molar-refractivity contribution in [1.29, 1.82) is 5.26 Å². The van der Waals surface area contributed by atoms with Gasteiger partial charge in [0.15, 0.2) is 0 Å². The van der Waals surface area contributed by atoms with Crippen molar-refractivity contribution >= 4 is 39.6 Å². The summed E-state index contributed by atoms with van der Waals surface area (Å²) >= 11 is 3.32. The van der Waals surface area contributed by atoms with Crippen LogP contribution in [0, 0.1) is 18.3 Å². The number of hydrogen-bond donors (Lipinski definition) is 1. The number of ether oxygens (including phenoxy) is 1. The number of esters is 1. The summed E-state index contributed by atoms with van der Waals surface area (Å²) in [4.78, 5) is 24.5. The summed E-state index contributed by atoms with van der Waals surface area (Å²) < 4.78 is 6.21. The number of hydrogen-bond acceptors (Lipinski definition) is 4. The summed E-state index contributed by atoms with van der Waals surface area (Å²) in [5.41, 5.74) is 2.72. The predicted octanol–water partition coefficient (Wildman–Crippen LogP) is 5.52. The summed E-state index contributed by atoms with van der Waals surface area (Å²) in [6.07, 6.45) is 1.48. The van der Waals surface area contributed by atoms with Crippen molar-refractivity contribution in [2.24, 2.45) is 0 Å². The molecule has 30 heavy (non-hydrogen) atoms. The molecule has 0 bridgehead atoms. The van der Waals surface area contributed by atoms with E-state index < -0.39 is 11.9 Å². The van der Waals surface area contributed by atoms with Gasteiger partial charge in [0.05, 0.1) is 5.56 Å². The molecule has 148 valence electrons. The van der Waals surface area contributed by atoms with Gasteiger partial charge in [-0.15, -0.1) is 0 Å². The summed E-state index contributed by atoms with van der Waals surface area (Å²) in [6.45, 7) is 1.95. The van der Waals surface area contributed by atoms with Crippen LogP contribution in [0.15, 0.2) is 82.8 Å². The lowest BCUT2D eigenvalue weighted by Gasteiger charge is -2.06. The minimum atomic E-state index is -0.493. The monoisotopic (exact) mass is 460 g/mol. The second kappa shape index (κ2) is 9.68. The Morgan fingerprint density at radius 3 is 2.20 bits per heavy atom. The van der Waals surface area contributed by atoms with Gasteiger partial charge in [-0.25, -0.2) is 4.79 Å². The molecule has 5 nitrogen and oxygen atoms in total. The Bertz CT molecular complexity index is 1130. The standard InChI is InChI=1S/C24H17BrN2O3/c1-16-2-10-21(11-3-16)27-23(28)19(15-26)14-17-4-12-22(13-5-17)30-24(29)18-6-8-20(25)9-7-18/h2-14H,1H3,(H,27,28). The van der Waals surface area contributed by atoms with Gasteiger partial charge < -0.3 is 10.1 Å². The molecule has 0 saturated heterocycles. The molecule has 0 atom stereocenters. The fraction of sp³-hybridized carbons (Fsp3) is 0.0417. The van der Waals surface area contributed by atoms with Crippen LogP contribution in [0.3, 0.4) is 0 Å². The summed E-state index contributed by atoms with van der Waals surface area (Å²) in [6, 6.07) is 22.6. The molecule has 0 aliphatic carbocycles. The predicted molar refractivity (Wildman–Crippen MR) is 119 cm³/mol. The quantitative estimate of drug-likeness (QED) is 0.235. The molecular formula is C24H17BrN2O3. The van der Waals surface area contributed by atoms with Crippen LogP contribution < -0.4 is 10.1 Å². The highest BCUT2D eigenvalue weighted by molar-refractivity contribution is 9.10. The normalized spacial score (nSPS) is 10.8. The Balaban J connectivity index is 1.67. The highest BCUT2D eigenvalue weighted by atomic mass is 79.9. The van der Waals surface area contributed by atoms with Crippen LogP contribution in [-0.2, 0) is 4.79 Å². The molecule has 0 radical (unpaired) electrons. The first-order valence-corrected chi connectivity index (χ1v) is 9.81. The number of halogens is 1. The lowest BCUT2D eigenvalue weighted by Crippen LogP contribution is -2.13. The van der Waals surface area contributed by atoms with Crippen molar-refractivity contribution in [2.75, 3.05) is 5.32 Å². The molecule has 3 rings (SSSR count). The third kappa shape index (κ3) is 5.66. The number of nitrogens with zero attached hydrogens (tertiary/aromatic N) is 1. The van der Waals surface area contributed by atoms with E-state index >= 15 is 0 Å². The number of nitriles is 1. The highest BCUT2D eigenvalue weighted by Gasteiger charge is 2.11. The average Bonchev–Trinajstić information content (AvgIpc) is 2.75. The van der Waals surface area contributed by atoms with Crippen molar-refractivity contribution in [2.45, 2.75) is 6.92 Å². The second-order valence-electron chi connectivity index (χ2n) is 6.46. The molecule has 0 fully saturated rings. The van der Waals surface area contributed by atoms with Crippen LogP contribution in [0.4, 0.5) is 5.69 Å². The van der Waals surface area contributed by atoms with E-state index in [0.717, 1.165) is 10.0 Å². The zero-order valence-corrected chi connectivity index (χ0v) is 17.6. The second-order valence-corrected chi connectivity index (χ2v) is 7.37. The Morgan fingerprint density at radius 2 is 1.60 bits per heavy atom. The number of rotatable bonds is 5. The van der Waals surface area contributed by atoms with Crippen LogP contribution in [0.5, 0.6) is 5.75 Å². The van der Waals surface area contributed by atoms with Gasteiger partial charge in [0.25, 0.3) is 5.91 Å². The molecular weight excluding hydrogens is 444 g/mol. The average molecular weight is 461 g/mol. The van der Waals surface area contributed by atoms with E-state index in [2.05, 4.69) is 21.2 Å². The van der Waals surface area contributed by atoms with E-state index in [1.165, 1.54) is 6.08 Å². The Morgan fingerprint density at radius 1 is 0.967 bits per heavy atom. The first kappa shape index (κ1) is 21.0. The Kier molecular flexibility index (Phi) is 6.79. The number of amides is 1. The zero-order valence-electron chi connectivity index (χ0n) is 16.1. The van der Waals surface area contributed by atoms with Gasteiger partial charge in [0, 0.05) is 10.2 Å². The number of anilines is 1. The number of carbonyl (C=O) groups is 2. The van der Waals surface area contributed by atoms with Crippen LogP contribution in [0.2, 0.25) is 0 Å². The topological polar surface area (TPSA) is 79.2 Å². The third-order valence-corrected chi connectivity index (χ3v) is 4.68. The number of nitrogens with one attached hydrogen (secondary N) is 1. The smallest absolute Gasteiger partial charge is 0.343 e. The Labute approximate surface area is 182 Å². The van der Waals surface area contributed by atoms with Gasteiger partial charge >= 0.3 is 5.97 Å². The maximum absolute atomic E-state index is 12.4. The van der Waals surface area contributed by atoms with Crippen LogP contribution in [-0.4, -0.2) is 11.9 Å². The van der Waals surface area contributed by atoms with Gasteiger partial charge in [-0.1, -0.05) is 45.8 Å². The molecule has 0 aliphatic rings. The Hall–Kier alpha value is -3.69. The van der Waals surface area contributed by atoms with Crippen molar-refractivity contribution in [3.05, 3.63) is 99.5 Å². The van der Waals surface area contributed by atoms with Crippen molar-refractivity contribution in [3.63, 3.8) is 0 Å². The van der Waals surface area contributed by atoms with Crippen molar-refractivity contribution in [3.8, 4) is 11.8 Å². The van der Waals surface area contributed by atoms with Crippen LogP contribution >= 0.6 is 15.9 Å². The molecule has 0 unspecified atom stereocenters. The molecule has 0 aliphatic heterocycles. The van der Waals surface area contributed by atoms with Crippen LogP contribution in [0.25, 0.3) is 6.08 Å². The fourth-order valence-corrected chi connectivity index (χ4v) is 2.80. The number of benzene rings is 3. The SMILES string of the molecule is Cc1ccc(NC(=O)C(C#N)=Cc2ccc(OC(=O)c3ccc(Br)cc3)cc2)cc1. The number of carbonyl (C=O) groups excluding carboxylic acids is 2. The summed E-state index contributed by atoms with van der Waals surface area (Å²) in [5, 5.41) is 12.0. The van der Waals surface area contributed by atoms with E-state index in [0.29, 0.717) is 22.6 Å². The maximum atomic E-state index is 12.4. The molecule has 3 aromatic carbocycles. The molecule has 3 aromatic rings. The molecule has 6 heteroatoms. The summed E-state index contributed by atoms with van der Waals surface area (Å²) in [5.74, 6) is -0.601. The van der Waals surface area contributed by atoms with Crippen molar-refractivity contribution in [1.82, 2.24) is 0 Å². The molecule has 0 heterocycles. The van der Waals surface area contributed by atoms with E-state index in [-0.39, 0.29) is 5.57 Å². The van der Waals surface area contributed by atoms with E-state index in [9.17, 15) is 14.9 Å². The first-order chi connectivity index (χ1) is 14.4. The van der Waals surface area contributed by atoms with Gasteiger partial charge in [-0.2, -0.15) is 5.26 Å².